The summed E-state index contributed by atoms with van der Waals surface area (Å²) < 4.78 is 6.52. The molecule has 3 rings (SSSR count). The van der Waals surface area contributed by atoms with E-state index in [1.807, 2.05) is 54.9 Å². The number of fused-ring (bicyclic) bond motifs is 1. The number of carbonyl (C=O) groups excluding carboxylic acids is 2. The van der Waals surface area contributed by atoms with Crippen molar-refractivity contribution in [1.82, 2.24) is 14.9 Å². The van der Waals surface area contributed by atoms with Gasteiger partial charge >= 0.3 is 6.09 Å². The SMILES string of the molecule is COC(=O)NCCC(=O)Nc1cccc(Cn2cnc3ccccc32)c1. The number of alkyl carbamates (subject to hydrolysis) is 1. The second kappa shape index (κ2) is 8.15. The van der Waals surface area contributed by atoms with Gasteiger partial charge in [-0.25, -0.2) is 9.78 Å². The van der Waals surface area contributed by atoms with E-state index in [1.165, 1.54) is 7.11 Å². The third-order valence-corrected chi connectivity index (χ3v) is 3.90. The molecule has 0 saturated heterocycles. The Hall–Kier alpha value is -3.35. The lowest BCUT2D eigenvalue weighted by Crippen LogP contribution is -2.27. The smallest absolute Gasteiger partial charge is 0.406 e. The number of benzene rings is 2. The first-order valence-electron chi connectivity index (χ1n) is 8.26. The van der Waals surface area contributed by atoms with Crippen LogP contribution in [-0.2, 0) is 16.1 Å². The molecular formula is C19H20N4O3. The van der Waals surface area contributed by atoms with Gasteiger partial charge in [0.15, 0.2) is 0 Å². The van der Waals surface area contributed by atoms with Crippen molar-refractivity contribution in [2.24, 2.45) is 0 Å². The summed E-state index contributed by atoms with van der Waals surface area (Å²) >= 11 is 0. The molecule has 7 nitrogen and oxygen atoms in total. The van der Waals surface area contributed by atoms with Crippen LogP contribution in [0.4, 0.5) is 10.5 Å². The number of methoxy groups -OCH3 is 1. The minimum Gasteiger partial charge on any atom is -0.453 e. The highest BCUT2D eigenvalue weighted by atomic mass is 16.5. The Morgan fingerprint density at radius 3 is 2.85 bits per heavy atom. The molecule has 0 bridgehead atoms. The number of anilines is 1. The Morgan fingerprint density at radius 1 is 1.15 bits per heavy atom. The zero-order chi connectivity index (χ0) is 18.4. The first-order valence-corrected chi connectivity index (χ1v) is 8.26. The second-order valence-electron chi connectivity index (χ2n) is 5.78. The van der Waals surface area contributed by atoms with E-state index in [0.29, 0.717) is 6.54 Å². The highest BCUT2D eigenvalue weighted by molar-refractivity contribution is 5.91. The number of hydrogen-bond donors (Lipinski definition) is 2. The van der Waals surface area contributed by atoms with Crippen LogP contribution in [0.1, 0.15) is 12.0 Å². The van der Waals surface area contributed by atoms with Crippen LogP contribution in [-0.4, -0.2) is 35.2 Å². The predicted octanol–water partition coefficient (Wildman–Crippen LogP) is 2.77. The highest BCUT2D eigenvalue weighted by Crippen LogP contribution is 2.16. The zero-order valence-electron chi connectivity index (χ0n) is 14.4. The Labute approximate surface area is 151 Å². The average Bonchev–Trinajstić information content (AvgIpc) is 3.05. The summed E-state index contributed by atoms with van der Waals surface area (Å²) in [6.45, 7) is 0.882. The van der Waals surface area contributed by atoms with E-state index in [-0.39, 0.29) is 18.9 Å². The molecule has 0 aliphatic rings. The monoisotopic (exact) mass is 352 g/mol. The topological polar surface area (TPSA) is 85.2 Å². The number of carbonyl (C=O) groups is 2. The molecule has 0 aliphatic carbocycles. The molecule has 0 spiro atoms. The van der Waals surface area contributed by atoms with Gasteiger partial charge in [0, 0.05) is 25.2 Å². The highest BCUT2D eigenvalue weighted by Gasteiger charge is 2.06. The van der Waals surface area contributed by atoms with Crippen molar-refractivity contribution in [3.05, 3.63) is 60.4 Å². The van der Waals surface area contributed by atoms with Gasteiger partial charge in [-0.05, 0) is 29.8 Å². The van der Waals surface area contributed by atoms with Crippen LogP contribution in [0.2, 0.25) is 0 Å². The molecule has 2 aromatic carbocycles. The number of imidazole rings is 1. The molecule has 134 valence electrons. The lowest BCUT2D eigenvalue weighted by molar-refractivity contribution is -0.116. The van der Waals surface area contributed by atoms with Crippen LogP contribution in [0, 0.1) is 0 Å². The number of rotatable bonds is 6. The second-order valence-corrected chi connectivity index (χ2v) is 5.78. The minimum absolute atomic E-state index is 0.172. The van der Waals surface area contributed by atoms with Gasteiger partial charge in [-0.2, -0.15) is 0 Å². The number of nitrogens with one attached hydrogen (secondary N) is 2. The van der Waals surface area contributed by atoms with Crippen molar-refractivity contribution >= 4 is 28.7 Å². The van der Waals surface area contributed by atoms with E-state index < -0.39 is 6.09 Å². The lowest BCUT2D eigenvalue weighted by atomic mass is 10.2. The number of ether oxygens (including phenoxy) is 1. The Morgan fingerprint density at radius 2 is 2.00 bits per heavy atom. The normalized spacial score (nSPS) is 10.5. The summed E-state index contributed by atoms with van der Waals surface area (Å²) in [6, 6.07) is 15.6. The summed E-state index contributed by atoms with van der Waals surface area (Å²) in [5.41, 5.74) is 3.79. The van der Waals surface area contributed by atoms with E-state index in [0.717, 1.165) is 22.3 Å². The summed E-state index contributed by atoms with van der Waals surface area (Å²) in [7, 11) is 1.28. The van der Waals surface area contributed by atoms with Gasteiger partial charge in [0.2, 0.25) is 5.91 Å². The number of aromatic nitrogens is 2. The van der Waals surface area contributed by atoms with Crippen LogP contribution in [0.25, 0.3) is 11.0 Å². The fourth-order valence-corrected chi connectivity index (χ4v) is 2.65. The molecule has 3 aromatic rings. The standard InChI is InChI=1S/C19H20N4O3/c1-26-19(25)20-10-9-18(24)22-15-6-4-5-14(11-15)12-23-13-21-16-7-2-3-8-17(16)23/h2-8,11,13H,9-10,12H2,1H3,(H,20,25)(H,22,24). The van der Waals surface area contributed by atoms with Gasteiger partial charge in [0.25, 0.3) is 0 Å². The lowest BCUT2D eigenvalue weighted by Gasteiger charge is -2.09. The third kappa shape index (κ3) is 4.38. The van der Waals surface area contributed by atoms with Crippen molar-refractivity contribution in [2.75, 3.05) is 19.0 Å². The van der Waals surface area contributed by atoms with Gasteiger partial charge in [-0.3, -0.25) is 4.79 Å². The van der Waals surface area contributed by atoms with Crippen LogP contribution in [0.5, 0.6) is 0 Å². The van der Waals surface area contributed by atoms with Gasteiger partial charge in [-0.15, -0.1) is 0 Å². The van der Waals surface area contributed by atoms with E-state index >= 15 is 0 Å². The van der Waals surface area contributed by atoms with Crippen molar-refractivity contribution < 1.29 is 14.3 Å². The predicted molar refractivity (Wildman–Crippen MR) is 98.9 cm³/mol. The maximum atomic E-state index is 12.0. The van der Waals surface area contributed by atoms with Crippen LogP contribution in [0.15, 0.2) is 54.9 Å². The van der Waals surface area contributed by atoms with E-state index in [4.69, 9.17) is 0 Å². The first kappa shape index (κ1) is 17.5. The molecule has 0 atom stereocenters. The maximum absolute atomic E-state index is 12.0. The molecule has 0 fully saturated rings. The summed E-state index contributed by atoms with van der Waals surface area (Å²) in [4.78, 5) is 27.3. The summed E-state index contributed by atoms with van der Waals surface area (Å²) in [5.74, 6) is -0.174. The Bertz CT molecular complexity index is 920. The first-order chi connectivity index (χ1) is 12.7. The third-order valence-electron chi connectivity index (χ3n) is 3.90. The molecule has 26 heavy (non-hydrogen) atoms. The minimum atomic E-state index is -0.549. The molecular weight excluding hydrogens is 332 g/mol. The summed E-state index contributed by atoms with van der Waals surface area (Å²) in [5, 5.41) is 5.31. The molecule has 0 saturated carbocycles. The molecule has 1 heterocycles. The maximum Gasteiger partial charge on any atom is 0.406 e. The van der Waals surface area contributed by atoms with Crippen molar-refractivity contribution in [3.63, 3.8) is 0 Å². The fraction of sp³-hybridized carbons (Fsp3) is 0.211. The van der Waals surface area contributed by atoms with Gasteiger partial charge in [0.1, 0.15) is 0 Å². The Kier molecular flexibility index (Phi) is 5.48. The van der Waals surface area contributed by atoms with E-state index in [1.54, 1.807) is 0 Å². The van der Waals surface area contributed by atoms with E-state index in [9.17, 15) is 9.59 Å². The van der Waals surface area contributed by atoms with Gasteiger partial charge < -0.3 is 19.9 Å². The number of hydrogen-bond acceptors (Lipinski definition) is 4. The van der Waals surface area contributed by atoms with Crippen LogP contribution < -0.4 is 10.6 Å². The molecule has 2 N–H and O–H groups in total. The average molecular weight is 352 g/mol. The van der Waals surface area contributed by atoms with E-state index in [2.05, 4.69) is 24.9 Å². The van der Waals surface area contributed by atoms with Crippen molar-refractivity contribution in [2.45, 2.75) is 13.0 Å². The molecule has 0 aliphatic heterocycles. The molecule has 0 unspecified atom stereocenters. The van der Waals surface area contributed by atoms with Crippen molar-refractivity contribution in [3.8, 4) is 0 Å². The van der Waals surface area contributed by atoms with Gasteiger partial charge in [0.05, 0.1) is 24.5 Å². The molecule has 0 radical (unpaired) electrons. The largest absolute Gasteiger partial charge is 0.453 e. The molecule has 7 heteroatoms. The number of nitrogens with zero attached hydrogens (tertiary/aromatic N) is 2. The molecule has 1 aromatic heterocycles. The number of para-hydroxylation sites is 2. The zero-order valence-corrected chi connectivity index (χ0v) is 14.4. The quantitative estimate of drug-likeness (QED) is 0.714. The summed E-state index contributed by atoms with van der Waals surface area (Å²) in [6.07, 6.45) is 1.44. The van der Waals surface area contributed by atoms with Gasteiger partial charge in [-0.1, -0.05) is 24.3 Å². The fourth-order valence-electron chi connectivity index (χ4n) is 2.65. The van der Waals surface area contributed by atoms with Crippen LogP contribution in [0.3, 0.4) is 0 Å². The number of amides is 2. The van der Waals surface area contributed by atoms with Crippen LogP contribution >= 0.6 is 0 Å². The van der Waals surface area contributed by atoms with Crippen molar-refractivity contribution in [1.29, 1.82) is 0 Å². The Balaban J connectivity index is 1.61. The molecule has 2 amide bonds.